The van der Waals surface area contributed by atoms with Crippen molar-refractivity contribution in [3.63, 3.8) is 0 Å². The number of aromatic nitrogens is 1. The number of benzene rings is 2. The molecule has 0 saturated carbocycles. The summed E-state index contributed by atoms with van der Waals surface area (Å²) >= 11 is 0. The van der Waals surface area contributed by atoms with Crippen LogP contribution in [-0.4, -0.2) is 4.98 Å². The average Bonchev–Trinajstić information content (AvgIpc) is 2.49. The standard InChI is InChI=1S/C18H15N.ClH/c1-2-16(14-8-4-3-5-9-14)18-13-12-15-10-6-7-11-17(15)19-18;/h2-13,16H,1H2;1H. The molecular weight excluding hydrogens is 266 g/mol. The molecule has 0 aliphatic heterocycles. The van der Waals surface area contributed by atoms with Crippen LogP contribution in [0.25, 0.3) is 10.9 Å². The third-order valence-corrected chi connectivity index (χ3v) is 3.33. The van der Waals surface area contributed by atoms with Crippen molar-refractivity contribution in [2.24, 2.45) is 0 Å². The van der Waals surface area contributed by atoms with E-state index in [2.05, 4.69) is 36.9 Å². The molecule has 1 heterocycles. The number of pyridine rings is 1. The summed E-state index contributed by atoms with van der Waals surface area (Å²) in [5, 5.41) is 1.17. The molecule has 0 N–H and O–H groups in total. The van der Waals surface area contributed by atoms with E-state index >= 15 is 0 Å². The Morgan fingerprint density at radius 1 is 0.850 bits per heavy atom. The van der Waals surface area contributed by atoms with Crippen molar-refractivity contribution in [2.75, 3.05) is 0 Å². The van der Waals surface area contributed by atoms with Crippen molar-refractivity contribution in [3.8, 4) is 0 Å². The number of halogens is 1. The summed E-state index contributed by atoms with van der Waals surface area (Å²) in [5.74, 6) is 0.144. The smallest absolute Gasteiger partial charge is 0.0705 e. The number of nitrogens with zero attached hydrogens (tertiary/aromatic N) is 1. The molecule has 1 atom stereocenters. The third kappa shape index (κ3) is 2.73. The van der Waals surface area contributed by atoms with E-state index in [1.807, 2.05) is 42.5 Å². The minimum Gasteiger partial charge on any atom is -0.252 e. The molecule has 2 heteroatoms. The summed E-state index contributed by atoms with van der Waals surface area (Å²) in [6.45, 7) is 3.95. The van der Waals surface area contributed by atoms with E-state index in [0.29, 0.717) is 0 Å². The highest BCUT2D eigenvalue weighted by Crippen LogP contribution is 2.25. The summed E-state index contributed by atoms with van der Waals surface area (Å²) in [6.07, 6.45) is 1.95. The second-order valence-corrected chi connectivity index (χ2v) is 4.55. The Morgan fingerprint density at radius 3 is 2.30 bits per heavy atom. The van der Waals surface area contributed by atoms with E-state index in [-0.39, 0.29) is 18.3 Å². The lowest BCUT2D eigenvalue weighted by Gasteiger charge is -2.13. The number of hydrogen-bond acceptors (Lipinski definition) is 1. The van der Waals surface area contributed by atoms with Crippen LogP contribution < -0.4 is 0 Å². The molecule has 2 aromatic carbocycles. The number of fused-ring (bicyclic) bond motifs is 1. The molecule has 0 aliphatic rings. The summed E-state index contributed by atoms with van der Waals surface area (Å²) in [5.41, 5.74) is 3.29. The topological polar surface area (TPSA) is 12.9 Å². The van der Waals surface area contributed by atoms with Crippen LogP contribution in [0, 0.1) is 0 Å². The maximum absolute atomic E-state index is 4.75. The lowest BCUT2D eigenvalue weighted by Crippen LogP contribution is -2.00. The van der Waals surface area contributed by atoms with E-state index in [1.165, 1.54) is 10.9 Å². The first-order valence-corrected chi connectivity index (χ1v) is 6.41. The molecule has 0 saturated heterocycles. The molecule has 20 heavy (non-hydrogen) atoms. The maximum atomic E-state index is 4.75. The van der Waals surface area contributed by atoms with Crippen LogP contribution in [0.2, 0.25) is 0 Å². The van der Waals surface area contributed by atoms with Gasteiger partial charge in [-0.25, -0.2) is 0 Å². The number of rotatable bonds is 3. The van der Waals surface area contributed by atoms with Gasteiger partial charge < -0.3 is 0 Å². The van der Waals surface area contributed by atoms with Crippen molar-refractivity contribution in [1.29, 1.82) is 0 Å². The maximum Gasteiger partial charge on any atom is 0.0705 e. The van der Waals surface area contributed by atoms with Gasteiger partial charge in [0.25, 0.3) is 0 Å². The predicted octanol–water partition coefficient (Wildman–Crippen LogP) is 4.97. The molecular formula is C18H16ClN. The number of allylic oxidation sites excluding steroid dienone is 1. The Bertz CT molecular complexity index is 707. The highest BCUT2D eigenvalue weighted by molar-refractivity contribution is 5.85. The molecule has 100 valence electrons. The quantitative estimate of drug-likeness (QED) is 0.617. The predicted molar refractivity (Wildman–Crippen MR) is 87.5 cm³/mol. The fraction of sp³-hybridized carbons (Fsp3) is 0.0556. The minimum atomic E-state index is 0. The second kappa shape index (κ2) is 6.36. The van der Waals surface area contributed by atoms with Gasteiger partial charge in [-0.3, -0.25) is 4.98 Å². The number of hydrogen-bond donors (Lipinski definition) is 0. The number of para-hydroxylation sites is 1. The summed E-state index contributed by atoms with van der Waals surface area (Å²) in [4.78, 5) is 4.75. The summed E-state index contributed by atoms with van der Waals surface area (Å²) < 4.78 is 0. The molecule has 0 amide bonds. The van der Waals surface area contributed by atoms with Crippen LogP contribution in [0.4, 0.5) is 0 Å². The van der Waals surface area contributed by atoms with Crippen LogP contribution in [0.15, 0.2) is 79.4 Å². The van der Waals surface area contributed by atoms with Gasteiger partial charge in [0.15, 0.2) is 0 Å². The first-order valence-electron chi connectivity index (χ1n) is 6.41. The van der Waals surface area contributed by atoms with Gasteiger partial charge in [0.2, 0.25) is 0 Å². The Kier molecular flexibility index (Phi) is 4.54. The molecule has 0 fully saturated rings. The zero-order chi connectivity index (χ0) is 13.1. The van der Waals surface area contributed by atoms with Crippen molar-refractivity contribution in [1.82, 2.24) is 4.98 Å². The van der Waals surface area contributed by atoms with Gasteiger partial charge in [-0.05, 0) is 17.7 Å². The van der Waals surface area contributed by atoms with Crippen LogP contribution >= 0.6 is 12.4 Å². The molecule has 0 radical (unpaired) electrons. The van der Waals surface area contributed by atoms with Gasteiger partial charge in [-0.2, -0.15) is 0 Å². The van der Waals surface area contributed by atoms with Crippen molar-refractivity contribution in [3.05, 3.63) is 90.6 Å². The fourth-order valence-electron chi connectivity index (χ4n) is 2.34. The van der Waals surface area contributed by atoms with Gasteiger partial charge in [0, 0.05) is 11.3 Å². The molecule has 1 aromatic heterocycles. The molecule has 1 unspecified atom stereocenters. The Balaban J connectivity index is 0.00000147. The van der Waals surface area contributed by atoms with Gasteiger partial charge in [-0.15, -0.1) is 19.0 Å². The zero-order valence-electron chi connectivity index (χ0n) is 11.1. The Hall–Kier alpha value is -2.12. The van der Waals surface area contributed by atoms with Crippen molar-refractivity contribution < 1.29 is 0 Å². The Labute approximate surface area is 125 Å². The molecule has 1 nitrogen and oxygen atoms in total. The molecule has 0 aliphatic carbocycles. The van der Waals surface area contributed by atoms with E-state index in [0.717, 1.165) is 11.2 Å². The van der Waals surface area contributed by atoms with Crippen LogP contribution in [0.1, 0.15) is 17.2 Å². The van der Waals surface area contributed by atoms with Gasteiger partial charge >= 0.3 is 0 Å². The van der Waals surface area contributed by atoms with Gasteiger partial charge in [0.05, 0.1) is 11.2 Å². The van der Waals surface area contributed by atoms with Gasteiger partial charge in [-0.1, -0.05) is 60.7 Å². The normalized spacial score (nSPS) is 11.6. The summed E-state index contributed by atoms with van der Waals surface area (Å²) in [6, 6.07) is 22.7. The van der Waals surface area contributed by atoms with Crippen LogP contribution in [0.3, 0.4) is 0 Å². The lowest BCUT2D eigenvalue weighted by atomic mass is 9.95. The highest BCUT2D eigenvalue weighted by atomic mass is 35.5. The lowest BCUT2D eigenvalue weighted by molar-refractivity contribution is 0.971. The first kappa shape index (κ1) is 14.3. The zero-order valence-corrected chi connectivity index (χ0v) is 11.9. The SMILES string of the molecule is C=CC(c1ccccc1)c1ccc2ccccc2n1.Cl. The van der Waals surface area contributed by atoms with Gasteiger partial charge in [0.1, 0.15) is 0 Å². The van der Waals surface area contributed by atoms with Crippen LogP contribution in [0.5, 0.6) is 0 Å². The molecule has 0 spiro atoms. The fourth-order valence-corrected chi connectivity index (χ4v) is 2.34. The van der Waals surface area contributed by atoms with E-state index in [4.69, 9.17) is 4.98 Å². The second-order valence-electron chi connectivity index (χ2n) is 4.55. The highest BCUT2D eigenvalue weighted by Gasteiger charge is 2.11. The van der Waals surface area contributed by atoms with Crippen molar-refractivity contribution >= 4 is 23.3 Å². The van der Waals surface area contributed by atoms with E-state index < -0.39 is 0 Å². The largest absolute Gasteiger partial charge is 0.252 e. The van der Waals surface area contributed by atoms with Crippen molar-refractivity contribution in [2.45, 2.75) is 5.92 Å². The third-order valence-electron chi connectivity index (χ3n) is 3.33. The Morgan fingerprint density at radius 2 is 1.55 bits per heavy atom. The molecule has 3 aromatic rings. The van der Waals surface area contributed by atoms with Crippen LogP contribution in [-0.2, 0) is 0 Å². The van der Waals surface area contributed by atoms with E-state index in [9.17, 15) is 0 Å². The molecule has 0 bridgehead atoms. The summed E-state index contributed by atoms with van der Waals surface area (Å²) in [7, 11) is 0. The monoisotopic (exact) mass is 281 g/mol. The molecule has 3 rings (SSSR count). The first-order chi connectivity index (χ1) is 9.38. The minimum absolute atomic E-state index is 0. The average molecular weight is 282 g/mol. The van der Waals surface area contributed by atoms with E-state index in [1.54, 1.807) is 0 Å².